The molecule has 6 rings (SSSR count). The molecule has 0 aromatic carbocycles. The Labute approximate surface area is 220 Å². The largest absolute Gasteiger partial charge is 0.462 e. The molecule has 5 fully saturated rings. The van der Waals surface area contributed by atoms with E-state index in [1.807, 2.05) is 0 Å². The second-order valence-electron chi connectivity index (χ2n) is 12.6. The fraction of sp³-hybridized carbons (Fsp3) is 0.893. The quantitative estimate of drug-likeness (QED) is 0.253. The lowest BCUT2D eigenvalue weighted by molar-refractivity contribution is -0.222. The number of hydrogen-bond acceptors (Lipinski definition) is 6. The molecule has 2 heterocycles. The van der Waals surface area contributed by atoms with Crippen molar-refractivity contribution in [3.05, 3.63) is 11.6 Å². The van der Waals surface area contributed by atoms with Gasteiger partial charge in [0.05, 0.1) is 12.0 Å². The highest BCUT2D eigenvalue weighted by atomic mass is 19.3. The van der Waals surface area contributed by atoms with Gasteiger partial charge in [0.1, 0.15) is 25.9 Å². The van der Waals surface area contributed by atoms with Crippen molar-refractivity contribution in [1.29, 1.82) is 0 Å². The Hall–Kier alpha value is -1.23. The molecule has 2 saturated heterocycles. The predicted molar refractivity (Wildman–Crippen MR) is 126 cm³/mol. The third kappa shape index (κ3) is 5.27. The molecule has 0 N–H and O–H groups in total. The number of esters is 1. The minimum atomic E-state index is -4.29. The van der Waals surface area contributed by atoms with Crippen LogP contribution in [0.3, 0.4) is 0 Å². The SMILES string of the molecule is O=C(OCC1COC(C2C=C3CCCC(C3)C2)O1)C12CCCC(CC(C3OCC(F)(F)C(F)(F)CO3)C1)C2. The lowest BCUT2D eigenvalue weighted by Crippen LogP contribution is -2.47. The van der Waals surface area contributed by atoms with E-state index in [9.17, 15) is 22.4 Å². The topological polar surface area (TPSA) is 63.2 Å². The highest BCUT2D eigenvalue weighted by Gasteiger charge is 2.60. The zero-order valence-corrected chi connectivity index (χ0v) is 21.7. The summed E-state index contributed by atoms with van der Waals surface area (Å²) in [5.41, 5.74) is 0.714. The smallest absolute Gasteiger partial charge is 0.335 e. The van der Waals surface area contributed by atoms with E-state index in [0.717, 1.165) is 25.7 Å². The maximum Gasteiger partial charge on any atom is 0.335 e. The van der Waals surface area contributed by atoms with Crippen molar-refractivity contribution in [2.45, 2.75) is 101 Å². The van der Waals surface area contributed by atoms with Crippen LogP contribution in [0, 0.1) is 29.1 Å². The molecule has 6 nitrogen and oxygen atoms in total. The first-order valence-corrected chi connectivity index (χ1v) is 14.3. The first kappa shape index (κ1) is 27.0. The van der Waals surface area contributed by atoms with Crippen LogP contribution in [0.5, 0.6) is 0 Å². The Kier molecular flexibility index (Phi) is 7.31. The molecule has 38 heavy (non-hydrogen) atoms. The number of carbonyl (C=O) groups excluding carboxylic acids is 1. The van der Waals surface area contributed by atoms with Crippen LogP contribution in [0.25, 0.3) is 0 Å². The van der Waals surface area contributed by atoms with Crippen LogP contribution in [0.4, 0.5) is 17.6 Å². The Bertz CT molecular complexity index is 909. The van der Waals surface area contributed by atoms with Crippen molar-refractivity contribution in [2.75, 3.05) is 26.4 Å². The van der Waals surface area contributed by atoms with Gasteiger partial charge in [-0.3, -0.25) is 4.79 Å². The van der Waals surface area contributed by atoms with Gasteiger partial charge in [-0.05, 0) is 69.6 Å². The summed E-state index contributed by atoms with van der Waals surface area (Å²) in [5, 5.41) is 0. The van der Waals surface area contributed by atoms with Gasteiger partial charge >= 0.3 is 17.8 Å². The molecular formula is C28H38F4O6. The minimum absolute atomic E-state index is 0.0913. The van der Waals surface area contributed by atoms with Gasteiger partial charge in [-0.15, -0.1) is 0 Å². The first-order valence-electron chi connectivity index (χ1n) is 14.3. The summed E-state index contributed by atoms with van der Waals surface area (Å²) in [6, 6.07) is 0. The van der Waals surface area contributed by atoms with Gasteiger partial charge in [0, 0.05) is 11.8 Å². The molecule has 10 heteroatoms. The number of allylic oxidation sites excluding steroid dienone is 1. The summed E-state index contributed by atoms with van der Waals surface area (Å²) in [4.78, 5) is 13.5. The maximum atomic E-state index is 13.8. The minimum Gasteiger partial charge on any atom is -0.462 e. The van der Waals surface area contributed by atoms with Crippen molar-refractivity contribution >= 4 is 5.97 Å². The Morgan fingerprint density at radius 3 is 2.47 bits per heavy atom. The number of rotatable bonds is 5. The molecular weight excluding hydrogens is 508 g/mol. The van der Waals surface area contributed by atoms with Gasteiger partial charge in [-0.25, -0.2) is 0 Å². The van der Waals surface area contributed by atoms with Crippen molar-refractivity contribution in [2.24, 2.45) is 29.1 Å². The molecule has 214 valence electrons. The van der Waals surface area contributed by atoms with Gasteiger partial charge in [-0.2, -0.15) is 17.6 Å². The summed E-state index contributed by atoms with van der Waals surface area (Å²) >= 11 is 0. The Morgan fingerprint density at radius 2 is 1.71 bits per heavy atom. The molecule has 7 atom stereocenters. The fourth-order valence-electron chi connectivity index (χ4n) is 7.86. The van der Waals surface area contributed by atoms with Crippen LogP contribution in [0.1, 0.15) is 70.6 Å². The lowest BCUT2D eigenvalue weighted by atomic mass is 9.58. The normalized spacial score (nSPS) is 42.7. The van der Waals surface area contributed by atoms with Crippen LogP contribution in [0.15, 0.2) is 11.6 Å². The van der Waals surface area contributed by atoms with Crippen molar-refractivity contribution in [1.82, 2.24) is 0 Å². The standard InChI is InChI=1S/C28H38F4O6/c29-27(30)15-36-23(37-16-28(27,31)32)21-10-19-5-2-6-26(11-19,12-21)25(33)35-14-22-13-34-24(38-22)20-8-17-3-1-4-18(7-17)9-20/h8,18-24H,1-7,9-16H2. The molecule has 4 aliphatic carbocycles. The second kappa shape index (κ2) is 10.3. The molecule has 2 aliphatic heterocycles. The van der Waals surface area contributed by atoms with Crippen molar-refractivity contribution in [3.8, 4) is 0 Å². The molecule has 0 amide bonds. The average Bonchev–Trinajstić information content (AvgIpc) is 3.32. The third-order valence-corrected chi connectivity index (χ3v) is 9.69. The molecule has 0 aromatic heterocycles. The van der Waals surface area contributed by atoms with Gasteiger partial charge in [0.25, 0.3) is 0 Å². The number of halogens is 4. The highest BCUT2D eigenvalue weighted by molar-refractivity contribution is 5.77. The Balaban J connectivity index is 1.05. The van der Waals surface area contributed by atoms with E-state index in [1.54, 1.807) is 0 Å². The van der Waals surface area contributed by atoms with E-state index in [4.69, 9.17) is 23.7 Å². The molecule has 3 saturated carbocycles. The van der Waals surface area contributed by atoms with Gasteiger partial charge in [0.2, 0.25) is 0 Å². The molecule has 6 aliphatic rings. The summed E-state index contributed by atoms with van der Waals surface area (Å²) in [7, 11) is 0. The number of alkyl halides is 4. The second-order valence-corrected chi connectivity index (χ2v) is 12.6. The van der Waals surface area contributed by atoms with Crippen LogP contribution >= 0.6 is 0 Å². The van der Waals surface area contributed by atoms with Crippen molar-refractivity contribution < 1.29 is 46.0 Å². The van der Waals surface area contributed by atoms with Crippen LogP contribution in [-0.2, 0) is 28.5 Å². The van der Waals surface area contributed by atoms with Gasteiger partial charge < -0.3 is 23.7 Å². The number of carbonyl (C=O) groups is 1. The van der Waals surface area contributed by atoms with Gasteiger partial charge in [-0.1, -0.05) is 24.5 Å². The van der Waals surface area contributed by atoms with E-state index < -0.39 is 42.7 Å². The molecule has 4 bridgehead atoms. The zero-order chi connectivity index (χ0) is 26.5. The van der Waals surface area contributed by atoms with Gasteiger partial charge in [0.15, 0.2) is 12.6 Å². The average molecular weight is 547 g/mol. The third-order valence-electron chi connectivity index (χ3n) is 9.69. The Morgan fingerprint density at radius 1 is 0.947 bits per heavy atom. The number of fused-ring (bicyclic) bond motifs is 4. The van der Waals surface area contributed by atoms with Crippen LogP contribution in [0.2, 0.25) is 0 Å². The van der Waals surface area contributed by atoms with Crippen LogP contribution < -0.4 is 0 Å². The first-order chi connectivity index (χ1) is 18.1. The summed E-state index contributed by atoms with van der Waals surface area (Å²) < 4.78 is 83.5. The van der Waals surface area contributed by atoms with E-state index >= 15 is 0 Å². The number of ether oxygens (including phenoxy) is 5. The highest BCUT2D eigenvalue weighted by Crippen LogP contribution is 2.53. The summed E-state index contributed by atoms with van der Waals surface area (Å²) in [6.07, 6.45) is 10.3. The predicted octanol–water partition coefficient (Wildman–Crippen LogP) is 5.64. The van der Waals surface area contributed by atoms with Crippen molar-refractivity contribution in [3.63, 3.8) is 0 Å². The fourth-order valence-corrected chi connectivity index (χ4v) is 7.86. The van der Waals surface area contributed by atoms with E-state index in [1.165, 1.54) is 24.8 Å². The summed E-state index contributed by atoms with van der Waals surface area (Å²) in [5.74, 6) is -8.25. The molecule has 0 spiro atoms. The molecule has 7 unspecified atom stereocenters. The van der Waals surface area contributed by atoms with E-state index in [2.05, 4.69) is 6.08 Å². The molecule has 0 aromatic rings. The lowest BCUT2D eigenvalue weighted by Gasteiger charge is -2.47. The monoisotopic (exact) mass is 546 g/mol. The van der Waals surface area contributed by atoms with E-state index in [0.29, 0.717) is 38.2 Å². The van der Waals surface area contributed by atoms with Crippen LogP contribution in [-0.4, -0.2) is 62.9 Å². The number of hydrogen-bond donors (Lipinski definition) is 0. The zero-order valence-electron chi connectivity index (χ0n) is 21.7. The maximum absolute atomic E-state index is 13.8. The molecule has 0 radical (unpaired) electrons. The summed E-state index contributed by atoms with van der Waals surface area (Å²) in [6.45, 7) is -2.34. The van der Waals surface area contributed by atoms with E-state index in [-0.39, 0.29) is 36.8 Å².